The molecule has 0 rings (SSSR count). The summed E-state index contributed by atoms with van der Waals surface area (Å²) < 4.78 is 24.0. The maximum Gasteiger partial charge on any atom is 0.282 e. The third kappa shape index (κ3) is 103. The minimum absolute atomic E-state index is 2.60. The van der Waals surface area contributed by atoms with E-state index in [1.807, 2.05) is 0 Å². The van der Waals surface area contributed by atoms with Crippen molar-refractivity contribution in [2.45, 2.75) is 0 Å². The molecule has 1 N–H and O–H groups in total. The van der Waals surface area contributed by atoms with Gasteiger partial charge in [-0.1, -0.05) is 0 Å². The average Bonchev–Trinajstić information content (AvgIpc) is 0.811. The minimum Gasteiger partial charge on any atom is -0.321 e. The van der Waals surface area contributed by atoms with Crippen LogP contribution in [-0.2, 0) is 0 Å². The summed E-state index contributed by atoms with van der Waals surface area (Å²) in [6.45, 7) is 0. The van der Waals surface area contributed by atoms with E-state index < -0.39 is 10.8 Å². The van der Waals surface area contributed by atoms with Crippen LogP contribution in [0, 0.1) is 10.8 Å². The number of hydrogen-bond acceptors (Lipinski definition) is 3. The monoisotopic (exact) mass is 90.0 g/mol. The lowest BCUT2D eigenvalue weighted by atomic mass is 17.8. The van der Waals surface area contributed by atoms with Crippen molar-refractivity contribution in [2.75, 3.05) is 0 Å². The molecule has 0 atom stereocenters. The van der Waals surface area contributed by atoms with Crippen molar-refractivity contribution in [3.8, 4) is 0 Å². The quantitative estimate of drug-likeness (QED) is 0.324. The van der Waals surface area contributed by atoms with Gasteiger partial charge in [-0.2, -0.15) is 0 Å². The van der Waals surface area contributed by atoms with Crippen LogP contribution in [0.4, 0.5) is 0 Å². The van der Waals surface area contributed by atoms with Crippen LogP contribution in [0.1, 0.15) is 0 Å². The molecule has 0 bridgehead atoms. The van der Waals surface area contributed by atoms with Crippen LogP contribution < -0.4 is 9.32 Å². The molecule has 0 aliphatic heterocycles. The summed E-state index contributed by atoms with van der Waals surface area (Å²) in [5.74, 6) is 0. The molecule has 0 saturated heterocycles. The molecule has 4 heteroatoms. The Bertz CT molecular complexity index is 8.00. The van der Waals surface area contributed by atoms with Crippen LogP contribution in [0.2, 0.25) is 0 Å². The lowest BCUT2D eigenvalue weighted by Crippen LogP contribution is -2.30. The van der Waals surface area contributed by atoms with E-state index in [9.17, 15) is 0 Å². The third-order valence-corrected chi connectivity index (χ3v) is 0. The summed E-state index contributed by atoms with van der Waals surface area (Å²) >= 11 is 0. The van der Waals surface area contributed by atoms with Gasteiger partial charge < -0.3 is 9.32 Å². The molecule has 0 aromatic rings. The fourth-order valence-electron chi connectivity index (χ4n) is 0. The molecule has 0 unspecified atom stereocenters. The van der Waals surface area contributed by atoms with Crippen molar-refractivity contribution in [2.24, 2.45) is 0 Å². The summed E-state index contributed by atoms with van der Waals surface area (Å²) in [6, 6.07) is 0. The highest BCUT2D eigenvalue weighted by atomic mass is 35.6. The van der Waals surface area contributed by atoms with Gasteiger partial charge in [0.05, 0.1) is 0 Å². The molecule has 0 aliphatic carbocycles. The summed E-state index contributed by atoms with van der Waals surface area (Å²) in [5, 5.41) is 0. The highest BCUT2D eigenvalue weighted by Crippen LogP contribution is 1.38. The fourth-order valence-corrected chi connectivity index (χ4v) is 0. The van der Waals surface area contributed by atoms with Crippen molar-refractivity contribution in [1.29, 1.82) is 0 Å². The van der Waals surface area contributed by atoms with E-state index in [2.05, 4.69) is 0 Å². The van der Waals surface area contributed by atoms with E-state index in [0.717, 1.165) is 0 Å². The van der Waals surface area contributed by atoms with Crippen LogP contribution in [0.15, 0.2) is 0 Å². The van der Waals surface area contributed by atoms with Crippen molar-refractivity contribution in [3.05, 3.63) is 0 Å². The maximum atomic E-state index is 8.52. The molecule has 0 aliphatic rings. The van der Waals surface area contributed by atoms with E-state index >= 15 is 0 Å². The van der Waals surface area contributed by atoms with Crippen molar-refractivity contribution < 1.29 is 24.8 Å². The van der Waals surface area contributed by atoms with Crippen molar-refractivity contribution in [1.82, 2.24) is 0 Å². The van der Waals surface area contributed by atoms with Gasteiger partial charge in [-0.05, 0) is 0 Å². The Kier molecular flexibility index (Phi) is 1.55. The second-order valence-electron chi connectivity index (χ2n) is 0.201. The number of rotatable bonds is 0. The molecule has 4 heavy (non-hydrogen) atoms. The molecule has 0 saturated carbocycles. The summed E-state index contributed by atoms with van der Waals surface area (Å²) in [5.41, 5.74) is 0. The largest absolute Gasteiger partial charge is 0.321 e. The maximum absolute atomic E-state index is 8.52. The van der Waals surface area contributed by atoms with E-state index in [4.69, 9.17) is 14.0 Å². The Hall–Kier alpha value is 0.170. The number of hydrogen-bond donors (Lipinski definition) is 1. The Morgan fingerprint density at radius 2 is 1.50 bits per heavy atom. The Morgan fingerprint density at radius 1 is 1.50 bits per heavy atom. The first-order valence-corrected chi connectivity index (χ1v) is 1.43. The smallest absolute Gasteiger partial charge is 0.282 e. The van der Waals surface area contributed by atoms with E-state index in [-0.39, 0.29) is 0 Å². The first-order valence-electron chi connectivity index (χ1n) is 0.478. The molecular formula is HClO3. The zero-order valence-corrected chi connectivity index (χ0v) is 2.40. The lowest BCUT2D eigenvalue weighted by Gasteiger charge is -1.72. The standard InChI is InChI=1S/ClHO3/c2-1(3)4/h2H/i2+2,3+2,4+2. The summed E-state index contributed by atoms with van der Waals surface area (Å²) in [7, 11) is -2.60. The van der Waals surface area contributed by atoms with E-state index in [0.29, 0.717) is 0 Å². The zero-order chi connectivity index (χ0) is 3.58. The van der Waals surface area contributed by atoms with Gasteiger partial charge in [-0.25, -0.2) is 0 Å². The van der Waals surface area contributed by atoms with Crippen LogP contribution in [-0.4, -0.2) is 4.66 Å². The number of halogens is 1. The fraction of sp³-hybridized carbons (Fsp3) is 0. The second kappa shape index (κ2) is 1.49. The summed E-state index contributed by atoms with van der Waals surface area (Å²) in [6.07, 6.45) is 0. The van der Waals surface area contributed by atoms with Gasteiger partial charge >= 0.3 is 0 Å². The molecular weight excluding hydrogens is 89.5 g/mol. The van der Waals surface area contributed by atoms with Gasteiger partial charge in [-0.3, -0.25) is 0 Å². The van der Waals surface area contributed by atoms with Crippen LogP contribution in [0.3, 0.4) is 0 Å². The highest BCUT2D eigenvalue weighted by molar-refractivity contribution is 1.94. The molecule has 0 amide bonds. The molecule has 0 fully saturated rings. The zero-order valence-electron chi connectivity index (χ0n) is 1.64. The normalized spacial score (nSPS) is 9.00. The average molecular weight is 90.5 g/mol. The minimum atomic E-state index is -2.60. The predicted octanol–water partition coefficient (Wildman–Crippen LogP) is -2.94. The molecule has 26 valence electrons. The van der Waals surface area contributed by atoms with Crippen LogP contribution in [0.5, 0.6) is 0 Å². The Morgan fingerprint density at radius 3 is 1.50 bits per heavy atom. The van der Waals surface area contributed by atoms with Gasteiger partial charge in [0.1, 0.15) is 0 Å². The van der Waals surface area contributed by atoms with Gasteiger partial charge in [0.2, 0.25) is 0 Å². The van der Waals surface area contributed by atoms with E-state index in [1.165, 1.54) is 0 Å². The molecule has 0 aromatic carbocycles. The second-order valence-corrected chi connectivity index (χ2v) is 0.603. The third-order valence-electron chi connectivity index (χ3n) is 0. The van der Waals surface area contributed by atoms with E-state index in [1.54, 1.807) is 0 Å². The van der Waals surface area contributed by atoms with Gasteiger partial charge in [0, 0.05) is 4.66 Å². The molecule has 3 nitrogen and oxygen atoms in total. The molecule has 0 aromatic heterocycles. The predicted molar refractivity (Wildman–Crippen MR) is 2.22 cm³/mol. The summed E-state index contributed by atoms with van der Waals surface area (Å²) in [4.78, 5) is 0. The molecule has 0 spiro atoms. The Balaban J connectivity index is 2.32. The van der Waals surface area contributed by atoms with Crippen molar-refractivity contribution >= 4 is 0 Å². The topological polar surface area (TPSA) is 66.3 Å². The first kappa shape index (κ1) is 4.17. The molecule has 0 heterocycles. The van der Waals surface area contributed by atoms with Gasteiger partial charge in [-0.15, -0.1) is 0 Å². The SMILES string of the molecule is [18O-][Cl+2]([18O-])[18OH]. The van der Waals surface area contributed by atoms with Crippen molar-refractivity contribution in [3.63, 3.8) is 0 Å². The highest BCUT2D eigenvalue weighted by Gasteiger charge is 1.79. The van der Waals surface area contributed by atoms with Crippen LogP contribution >= 0.6 is 0 Å². The lowest BCUT2D eigenvalue weighted by molar-refractivity contribution is -1.63. The molecule has 0 radical (unpaired) electrons. The van der Waals surface area contributed by atoms with Gasteiger partial charge in [0.25, 0.3) is 10.8 Å². The van der Waals surface area contributed by atoms with Crippen LogP contribution in [0.25, 0.3) is 0 Å². The first-order chi connectivity index (χ1) is 1.73. The Labute approximate surface area is 25.9 Å². The van der Waals surface area contributed by atoms with Gasteiger partial charge in [0.15, 0.2) is 0 Å².